The van der Waals surface area contributed by atoms with Crippen molar-refractivity contribution in [3.05, 3.63) is 58.7 Å². The minimum absolute atomic E-state index is 0.295. The van der Waals surface area contributed by atoms with E-state index in [4.69, 9.17) is 4.74 Å². The van der Waals surface area contributed by atoms with Crippen LogP contribution in [0.1, 0.15) is 25.9 Å². The van der Waals surface area contributed by atoms with Crippen LogP contribution in [-0.4, -0.2) is 28.8 Å². The van der Waals surface area contributed by atoms with E-state index in [9.17, 15) is 9.59 Å². The molecule has 0 bridgehead atoms. The van der Waals surface area contributed by atoms with Gasteiger partial charge in [-0.1, -0.05) is 30.3 Å². The van der Waals surface area contributed by atoms with Gasteiger partial charge in [0.2, 0.25) is 0 Å². The maximum atomic E-state index is 12.5. The number of ether oxygens (including phenoxy) is 1. The number of nitrogens with zero attached hydrogens (tertiary/aromatic N) is 2. The fourth-order valence-corrected chi connectivity index (χ4v) is 3.37. The second-order valence-electron chi connectivity index (χ2n) is 5.46. The second kappa shape index (κ2) is 6.90. The molecule has 0 saturated carbocycles. The number of rotatable bonds is 4. The van der Waals surface area contributed by atoms with Gasteiger partial charge in [-0.25, -0.2) is 4.79 Å². The first kappa shape index (κ1) is 16.9. The highest BCUT2D eigenvalue weighted by atomic mass is 32.1. The maximum Gasteiger partial charge on any atom is 0.350 e. The lowest BCUT2D eigenvalue weighted by Crippen LogP contribution is -2.14. The molecule has 0 fully saturated rings. The summed E-state index contributed by atoms with van der Waals surface area (Å²) in [6, 6.07) is 13.1. The summed E-state index contributed by atoms with van der Waals surface area (Å²) in [7, 11) is 3.09. The summed E-state index contributed by atoms with van der Waals surface area (Å²) in [5, 5.41) is 6.93. The molecule has 0 unspecified atom stereocenters. The Kier molecular flexibility index (Phi) is 4.67. The Balaban J connectivity index is 1.95. The molecule has 3 aromatic rings. The van der Waals surface area contributed by atoms with Gasteiger partial charge in [-0.3, -0.25) is 9.48 Å². The van der Waals surface area contributed by atoms with Gasteiger partial charge in [0.15, 0.2) is 5.69 Å². The molecular formula is C18H17N3O3S. The van der Waals surface area contributed by atoms with Gasteiger partial charge in [0.05, 0.1) is 12.8 Å². The van der Waals surface area contributed by atoms with Gasteiger partial charge in [-0.2, -0.15) is 5.10 Å². The highest BCUT2D eigenvalue weighted by molar-refractivity contribution is 7.18. The van der Waals surface area contributed by atoms with E-state index >= 15 is 0 Å². The van der Waals surface area contributed by atoms with Crippen molar-refractivity contribution in [1.82, 2.24) is 9.78 Å². The van der Waals surface area contributed by atoms with E-state index in [0.29, 0.717) is 16.3 Å². The Morgan fingerprint density at radius 3 is 2.52 bits per heavy atom. The second-order valence-corrected chi connectivity index (χ2v) is 6.51. The number of benzene rings is 1. The Morgan fingerprint density at radius 1 is 1.20 bits per heavy atom. The number of thiophene rings is 1. The fourth-order valence-electron chi connectivity index (χ4n) is 2.33. The van der Waals surface area contributed by atoms with Crippen LogP contribution in [0.3, 0.4) is 0 Å². The van der Waals surface area contributed by atoms with Gasteiger partial charge >= 0.3 is 5.97 Å². The van der Waals surface area contributed by atoms with Crippen LogP contribution in [0, 0.1) is 6.92 Å². The van der Waals surface area contributed by atoms with Gasteiger partial charge in [0.25, 0.3) is 5.91 Å². The third-order valence-corrected chi connectivity index (χ3v) is 4.92. The summed E-state index contributed by atoms with van der Waals surface area (Å²) in [5.74, 6) is -0.856. The zero-order valence-electron chi connectivity index (χ0n) is 14.1. The van der Waals surface area contributed by atoms with E-state index in [1.54, 1.807) is 23.9 Å². The molecule has 0 atom stereocenters. The first-order valence-corrected chi connectivity index (χ1v) is 8.41. The number of esters is 1. The van der Waals surface area contributed by atoms with Crippen LogP contribution >= 0.6 is 11.3 Å². The molecule has 0 aliphatic rings. The smallest absolute Gasteiger partial charge is 0.350 e. The van der Waals surface area contributed by atoms with Crippen molar-refractivity contribution < 1.29 is 14.3 Å². The molecule has 0 spiro atoms. The number of carbonyl (C=O) groups excluding carboxylic acids is 2. The van der Waals surface area contributed by atoms with E-state index < -0.39 is 5.97 Å². The summed E-state index contributed by atoms with van der Waals surface area (Å²) in [6.45, 7) is 1.86. The van der Waals surface area contributed by atoms with E-state index in [-0.39, 0.29) is 5.91 Å². The van der Waals surface area contributed by atoms with Crippen LogP contribution in [-0.2, 0) is 11.8 Å². The van der Waals surface area contributed by atoms with Crippen LogP contribution in [0.5, 0.6) is 0 Å². The van der Waals surface area contributed by atoms with E-state index in [2.05, 4.69) is 10.4 Å². The van der Waals surface area contributed by atoms with Crippen molar-refractivity contribution in [3.63, 3.8) is 0 Å². The van der Waals surface area contributed by atoms with Crippen LogP contribution in [0.4, 0.5) is 5.69 Å². The van der Waals surface area contributed by atoms with Crippen molar-refractivity contribution >= 4 is 28.9 Å². The zero-order chi connectivity index (χ0) is 18.0. The van der Waals surface area contributed by atoms with Crippen LogP contribution in [0.15, 0.2) is 42.5 Å². The van der Waals surface area contributed by atoms with Crippen molar-refractivity contribution in [2.24, 2.45) is 7.05 Å². The first-order valence-electron chi connectivity index (χ1n) is 7.59. The van der Waals surface area contributed by atoms with Crippen LogP contribution < -0.4 is 5.32 Å². The third kappa shape index (κ3) is 3.46. The predicted octanol–water partition coefficient (Wildman–Crippen LogP) is 3.50. The average molecular weight is 355 g/mol. The molecule has 1 N–H and O–H groups in total. The zero-order valence-corrected chi connectivity index (χ0v) is 14.9. The molecule has 25 heavy (non-hydrogen) atoms. The molecule has 6 nitrogen and oxygen atoms in total. The fraction of sp³-hybridized carbons (Fsp3) is 0.167. The normalized spacial score (nSPS) is 10.5. The van der Waals surface area contributed by atoms with Gasteiger partial charge < -0.3 is 10.1 Å². The lowest BCUT2D eigenvalue weighted by Gasteiger charge is -2.03. The molecule has 0 aliphatic heterocycles. The average Bonchev–Trinajstić information content (AvgIpc) is 3.19. The molecule has 2 aromatic heterocycles. The summed E-state index contributed by atoms with van der Waals surface area (Å²) < 4.78 is 6.46. The minimum Gasteiger partial charge on any atom is -0.465 e. The Bertz CT molecular complexity index is 909. The van der Waals surface area contributed by atoms with Crippen molar-refractivity contribution in [2.45, 2.75) is 6.92 Å². The first-order chi connectivity index (χ1) is 12.0. The maximum absolute atomic E-state index is 12.5. The van der Waals surface area contributed by atoms with Crippen molar-refractivity contribution in [2.75, 3.05) is 12.4 Å². The number of amides is 1. The predicted molar refractivity (Wildman–Crippen MR) is 97.0 cm³/mol. The number of aromatic nitrogens is 2. The Hall–Kier alpha value is -2.93. The van der Waals surface area contributed by atoms with Crippen molar-refractivity contribution in [1.29, 1.82) is 0 Å². The highest BCUT2D eigenvalue weighted by Crippen LogP contribution is 2.35. The van der Waals surface area contributed by atoms with Gasteiger partial charge in [0, 0.05) is 17.6 Å². The lowest BCUT2D eigenvalue weighted by atomic mass is 10.2. The molecule has 0 saturated heterocycles. The monoisotopic (exact) mass is 355 g/mol. The number of nitrogens with one attached hydrogen (secondary N) is 1. The summed E-state index contributed by atoms with van der Waals surface area (Å²) >= 11 is 1.28. The number of anilines is 1. The van der Waals surface area contributed by atoms with E-state index in [1.165, 1.54) is 18.4 Å². The number of aryl methyl sites for hydroxylation is 2. The molecule has 3 rings (SSSR count). The van der Waals surface area contributed by atoms with Crippen molar-refractivity contribution in [3.8, 4) is 10.4 Å². The molecule has 0 radical (unpaired) electrons. The van der Waals surface area contributed by atoms with Gasteiger partial charge in [-0.15, -0.1) is 11.3 Å². The minimum atomic E-state index is -0.486. The molecular weight excluding hydrogens is 338 g/mol. The molecule has 1 aromatic carbocycles. The summed E-state index contributed by atoms with van der Waals surface area (Å²) in [6.07, 6.45) is 0. The lowest BCUT2D eigenvalue weighted by molar-refractivity contribution is 0.0607. The summed E-state index contributed by atoms with van der Waals surface area (Å²) in [4.78, 5) is 25.7. The standard InChI is InChI=1S/C18H17N3O3S/c1-11-9-14(20-21(11)2)17(22)19-13-10-15(12-7-5-4-6-8-12)25-16(13)18(23)24-3/h4-10H,1-3H3,(H,19,22). The molecule has 1 amide bonds. The van der Waals surface area contributed by atoms with E-state index in [0.717, 1.165) is 16.1 Å². The quantitative estimate of drug-likeness (QED) is 0.727. The van der Waals surface area contributed by atoms with E-state index in [1.807, 2.05) is 37.3 Å². The number of carbonyl (C=O) groups is 2. The van der Waals surface area contributed by atoms with Crippen LogP contribution in [0.25, 0.3) is 10.4 Å². The SMILES string of the molecule is COC(=O)c1sc(-c2ccccc2)cc1NC(=O)c1cc(C)n(C)n1. The Morgan fingerprint density at radius 2 is 1.92 bits per heavy atom. The largest absolute Gasteiger partial charge is 0.465 e. The summed E-state index contributed by atoms with van der Waals surface area (Å²) in [5.41, 5.74) is 2.55. The molecule has 128 valence electrons. The van der Waals surface area contributed by atoms with Crippen LogP contribution in [0.2, 0.25) is 0 Å². The molecule has 7 heteroatoms. The molecule has 2 heterocycles. The van der Waals surface area contributed by atoms with Gasteiger partial charge in [0.1, 0.15) is 4.88 Å². The van der Waals surface area contributed by atoms with Gasteiger partial charge in [-0.05, 0) is 24.6 Å². The number of methoxy groups -OCH3 is 1. The number of hydrogen-bond donors (Lipinski definition) is 1. The molecule has 0 aliphatic carbocycles. The topological polar surface area (TPSA) is 73.2 Å². The Labute approximate surface area is 149 Å². The third-order valence-electron chi connectivity index (χ3n) is 3.76. The number of hydrogen-bond acceptors (Lipinski definition) is 5. The highest BCUT2D eigenvalue weighted by Gasteiger charge is 2.21.